The molecule has 1 atom stereocenters. The van der Waals surface area contributed by atoms with E-state index in [0.717, 1.165) is 17.7 Å². The standard InChI is InChI=1S/C15H22N2O3S/c1-4-12(10-21-3)16-15(20)17(9-14(18)19)13-7-5-11(2)6-8-13/h5-8,12H,4,9-10H2,1-3H3,(H,16,20)(H,18,19). The summed E-state index contributed by atoms with van der Waals surface area (Å²) < 4.78 is 0. The third-order valence-corrected chi connectivity index (χ3v) is 3.81. The normalized spacial score (nSPS) is 11.8. The molecule has 0 saturated heterocycles. The van der Waals surface area contributed by atoms with Crippen LogP contribution in [0.3, 0.4) is 0 Å². The molecule has 0 spiro atoms. The monoisotopic (exact) mass is 310 g/mol. The van der Waals surface area contributed by atoms with Gasteiger partial charge in [-0.2, -0.15) is 11.8 Å². The summed E-state index contributed by atoms with van der Waals surface area (Å²) in [6.45, 7) is 3.58. The smallest absolute Gasteiger partial charge is 0.323 e. The molecule has 2 N–H and O–H groups in total. The first-order valence-corrected chi connectivity index (χ1v) is 8.22. The molecule has 0 saturated carbocycles. The van der Waals surface area contributed by atoms with E-state index in [0.29, 0.717) is 5.69 Å². The number of carboxylic acid groups (broad SMARTS) is 1. The van der Waals surface area contributed by atoms with Crippen molar-refractivity contribution in [3.63, 3.8) is 0 Å². The Hall–Kier alpha value is -1.69. The Balaban J connectivity index is 2.88. The van der Waals surface area contributed by atoms with E-state index in [1.54, 1.807) is 23.9 Å². The summed E-state index contributed by atoms with van der Waals surface area (Å²) in [5.41, 5.74) is 1.64. The fraction of sp³-hybridized carbons (Fsp3) is 0.467. The molecule has 21 heavy (non-hydrogen) atoms. The van der Waals surface area contributed by atoms with Gasteiger partial charge in [-0.05, 0) is 31.7 Å². The zero-order valence-corrected chi connectivity index (χ0v) is 13.4. The minimum Gasteiger partial charge on any atom is -0.480 e. The van der Waals surface area contributed by atoms with Crippen molar-refractivity contribution in [1.82, 2.24) is 5.32 Å². The van der Waals surface area contributed by atoms with Crippen LogP contribution < -0.4 is 10.2 Å². The van der Waals surface area contributed by atoms with Gasteiger partial charge < -0.3 is 10.4 Å². The second kappa shape index (κ2) is 8.56. The SMILES string of the molecule is CCC(CSC)NC(=O)N(CC(=O)O)c1ccc(C)cc1. The number of anilines is 1. The molecule has 0 aliphatic rings. The van der Waals surface area contributed by atoms with Crippen molar-refractivity contribution in [3.05, 3.63) is 29.8 Å². The summed E-state index contributed by atoms with van der Waals surface area (Å²) in [7, 11) is 0. The van der Waals surface area contributed by atoms with Gasteiger partial charge in [-0.1, -0.05) is 24.6 Å². The van der Waals surface area contributed by atoms with Gasteiger partial charge in [0.25, 0.3) is 0 Å². The Bertz CT molecular complexity index is 476. The highest BCUT2D eigenvalue weighted by atomic mass is 32.2. The number of carbonyl (C=O) groups excluding carboxylic acids is 1. The van der Waals surface area contributed by atoms with E-state index in [2.05, 4.69) is 5.32 Å². The van der Waals surface area contributed by atoms with Crippen LogP contribution in [0.2, 0.25) is 0 Å². The molecule has 0 aliphatic carbocycles. The highest BCUT2D eigenvalue weighted by Crippen LogP contribution is 2.15. The third kappa shape index (κ3) is 5.67. The number of aryl methyl sites for hydroxylation is 1. The van der Waals surface area contributed by atoms with E-state index in [9.17, 15) is 9.59 Å². The molecule has 1 aromatic rings. The maximum atomic E-state index is 12.4. The predicted octanol–water partition coefficient (Wildman–Crippen LogP) is 2.74. The van der Waals surface area contributed by atoms with Crippen LogP contribution in [0.1, 0.15) is 18.9 Å². The summed E-state index contributed by atoms with van der Waals surface area (Å²) >= 11 is 1.65. The molecule has 0 fully saturated rings. The van der Waals surface area contributed by atoms with E-state index in [1.807, 2.05) is 32.2 Å². The number of carboxylic acids is 1. The minimum atomic E-state index is -1.04. The van der Waals surface area contributed by atoms with Crippen LogP contribution in [-0.2, 0) is 4.79 Å². The number of thioether (sulfide) groups is 1. The van der Waals surface area contributed by atoms with Crippen LogP contribution in [0.5, 0.6) is 0 Å². The van der Waals surface area contributed by atoms with E-state index in [4.69, 9.17) is 5.11 Å². The van der Waals surface area contributed by atoms with Crippen LogP contribution >= 0.6 is 11.8 Å². The van der Waals surface area contributed by atoms with Crippen LogP contribution in [0.25, 0.3) is 0 Å². The molecular weight excluding hydrogens is 288 g/mol. The van der Waals surface area contributed by atoms with Gasteiger partial charge in [0.05, 0.1) is 0 Å². The lowest BCUT2D eigenvalue weighted by molar-refractivity contribution is -0.135. The summed E-state index contributed by atoms with van der Waals surface area (Å²) in [5.74, 6) is -0.236. The summed E-state index contributed by atoms with van der Waals surface area (Å²) in [4.78, 5) is 24.6. The van der Waals surface area contributed by atoms with Crippen LogP contribution in [0.15, 0.2) is 24.3 Å². The first-order chi connectivity index (χ1) is 9.97. The van der Waals surface area contributed by atoms with Crippen LogP contribution in [0, 0.1) is 6.92 Å². The Labute approximate surface area is 129 Å². The van der Waals surface area contributed by atoms with Gasteiger partial charge in [0.1, 0.15) is 6.54 Å². The predicted molar refractivity (Wildman–Crippen MR) is 87.2 cm³/mol. The van der Waals surface area contributed by atoms with E-state index in [1.165, 1.54) is 4.90 Å². The molecule has 0 bridgehead atoms. The molecule has 5 nitrogen and oxygen atoms in total. The van der Waals surface area contributed by atoms with Gasteiger partial charge in [0, 0.05) is 17.5 Å². The lowest BCUT2D eigenvalue weighted by atomic mass is 10.2. The maximum Gasteiger partial charge on any atom is 0.323 e. The number of rotatable bonds is 7. The number of hydrogen-bond donors (Lipinski definition) is 2. The van der Waals surface area contributed by atoms with E-state index in [-0.39, 0.29) is 18.6 Å². The fourth-order valence-electron chi connectivity index (χ4n) is 1.86. The molecule has 1 unspecified atom stereocenters. The summed E-state index contributed by atoms with van der Waals surface area (Å²) in [6, 6.07) is 6.89. The minimum absolute atomic E-state index is 0.0363. The largest absolute Gasteiger partial charge is 0.480 e. The second-order valence-corrected chi connectivity index (χ2v) is 5.74. The third-order valence-electron chi connectivity index (χ3n) is 3.07. The van der Waals surface area contributed by atoms with Crippen molar-refractivity contribution >= 4 is 29.4 Å². The molecule has 0 heterocycles. The van der Waals surface area contributed by atoms with Crippen molar-refractivity contribution in [2.75, 3.05) is 23.5 Å². The Morgan fingerprint density at radius 1 is 1.33 bits per heavy atom. The quantitative estimate of drug-likeness (QED) is 0.812. The zero-order chi connectivity index (χ0) is 15.8. The number of carbonyl (C=O) groups is 2. The van der Waals surface area contributed by atoms with Gasteiger partial charge in [-0.15, -0.1) is 0 Å². The number of nitrogens with zero attached hydrogens (tertiary/aromatic N) is 1. The molecular formula is C15H22N2O3S. The molecule has 6 heteroatoms. The Morgan fingerprint density at radius 3 is 2.43 bits per heavy atom. The average molecular weight is 310 g/mol. The number of benzene rings is 1. The van der Waals surface area contributed by atoms with Gasteiger partial charge in [-0.3, -0.25) is 9.69 Å². The zero-order valence-electron chi connectivity index (χ0n) is 12.6. The van der Waals surface area contributed by atoms with Crippen molar-refractivity contribution in [2.45, 2.75) is 26.3 Å². The summed E-state index contributed by atoms with van der Waals surface area (Å²) in [6.07, 6.45) is 2.78. The molecule has 1 aromatic carbocycles. The van der Waals surface area contributed by atoms with Crippen molar-refractivity contribution in [3.8, 4) is 0 Å². The number of nitrogens with one attached hydrogen (secondary N) is 1. The number of aliphatic carboxylic acids is 1. The first kappa shape index (κ1) is 17.4. The van der Waals surface area contributed by atoms with Gasteiger partial charge >= 0.3 is 12.0 Å². The topological polar surface area (TPSA) is 69.6 Å². The van der Waals surface area contributed by atoms with Gasteiger partial charge in [0.2, 0.25) is 0 Å². The van der Waals surface area contributed by atoms with Crippen LogP contribution in [-0.4, -0.2) is 41.7 Å². The molecule has 0 aromatic heterocycles. The van der Waals surface area contributed by atoms with E-state index >= 15 is 0 Å². The lowest BCUT2D eigenvalue weighted by Gasteiger charge is -2.25. The van der Waals surface area contributed by atoms with E-state index < -0.39 is 5.97 Å². The summed E-state index contributed by atoms with van der Waals surface area (Å²) in [5, 5.41) is 11.9. The average Bonchev–Trinajstić information content (AvgIpc) is 2.45. The number of amides is 2. The molecule has 2 amide bonds. The molecule has 0 radical (unpaired) electrons. The first-order valence-electron chi connectivity index (χ1n) is 6.83. The fourth-order valence-corrected chi connectivity index (χ4v) is 2.58. The maximum absolute atomic E-state index is 12.4. The van der Waals surface area contributed by atoms with Crippen molar-refractivity contribution in [2.24, 2.45) is 0 Å². The highest BCUT2D eigenvalue weighted by molar-refractivity contribution is 7.98. The number of urea groups is 1. The lowest BCUT2D eigenvalue weighted by Crippen LogP contribution is -2.47. The molecule has 1 rings (SSSR count). The second-order valence-electron chi connectivity index (χ2n) is 4.83. The van der Waals surface area contributed by atoms with Crippen molar-refractivity contribution in [1.29, 1.82) is 0 Å². The molecule has 116 valence electrons. The molecule has 0 aliphatic heterocycles. The van der Waals surface area contributed by atoms with Crippen LogP contribution in [0.4, 0.5) is 10.5 Å². The van der Waals surface area contributed by atoms with Crippen molar-refractivity contribution < 1.29 is 14.7 Å². The number of hydrogen-bond acceptors (Lipinski definition) is 3. The Kier molecular flexibility index (Phi) is 7.08. The van der Waals surface area contributed by atoms with Gasteiger partial charge in [-0.25, -0.2) is 4.79 Å². The van der Waals surface area contributed by atoms with Gasteiger partial charge in [0.15, 0.2) is 0 Å². The highest BCUT2D eigenvalue weighted by Gasteiger charge is 2.20. The Morgan fingerprint density at radius 2 is 1.95 bits per heavy atom.